The van der Waals surface area contributed by atoms with Gasteiger partial charge in [-0.25, -0.2) is 13.1 Å². The van der Waals surface area contributed by atoms with E-state index in [0.717, 1.165) is 44.8 Å². The van der Waals surface area contributed by atoms with Crippen LogP contribution in [0, 0.1) is 23.7 Å². The van der Waals surface area contributed by atoms with Crippen LogP contribution in [0.2, 0.25) is 0 Å². The number of allylic oxidation sites excluding steroid dienone is 1. The zero-order chi connectivity index (χ0) is 27.0. The van der Waals surface area contributed by atoms with E-state index in [-0.39, 0.29) is 34.5 Å². The van der Waals surface area contributed by atoms with Crippen LogP contribution in [0.3, 0.4) is 0 Å². The van der Waals surface area contributed by atoms with Crippen LogP contribution in [0.25, 0.3) is 0 Å². The van der Waals surface area contributed by atoms with Gasteiger partial charge in [0.05, 0.1) is 18.1 Å². The van der Waals surface area contributed by atoms with Gasteiger partial charge in [-0.15, -0.1) is 0 Å². The molecule has 2 amide bonds. The molecule has 3 N–H and O–H groups in total. The van der Waals surface area contributed by atoms with Gasteiger partial charge in [0.2, 0.25) is 21.8 Å². The van der Waals surface area contributed by atoms with E-state index in [9.17, 15) is 18.0 Å². The Balaban J connectivity index is 1.55. The molecule has 9 nitrogen and oxygen atoms in total. The first-order chi connectivity index (χ1) is 17.5. The minimum absolute atomic E-state index is 0.0501. The Labute approximate surface area is 221 Å². The quantitative estimate of drug-likeness (QED) is 0.376. The van der Waals surface area contributed by atoms with Crippen LogP contribution in [-0.2, 0) is 24.3 Å². The van der Waals surface area contributed by atoms with E-state index in [0.29, 0.717) is 31.1 Å². The second kappa shape index (κ2) is 13.5. The lowest BCUT2D eigenvalue weighted by Crippen LogP contribution is -2.42. The van der Waals surface area contributed by atoms with E-state index >= 15 is 0 Å². The summed E-state index contributed by atoms with van der Waals surface area (Å²) in [4.78, 5) is 26.3. The Morgan fingerprint density at radius 1 is 1.14 bits per heavy atom. The summed E-state index contributed by atoms with van der Waals surface area (Å²) in [6, 6.07) is 6.13. The summed E-state index contributed by atoms with van der Waals surface area (Å²) in [5.74, 6) is 0.674. The number of ether oxygens (including phenoxy) is 1. The van der Waals surface area contributed by atoms with Gasteiger partial charge in [-0.1, -0.05) is 25.5 Å². The topological polar surface area (TPSA) is 117 Å². The number of benzene rings is 1. The van der Waals surface area contributed by atoms with E-state index in [4.69, 9.17) is 4.74 Å². The highest BCUT2D eigenvalue weighted by Gasteiger charge is 2.33. The number of morpholine rings is 1. The summed E-state index contributed by atoms with van der Waals surface area (Å²) in [6.07, 6.45) is 3.46. The Hall–Kier alpha value is -2.27. The molecule has 206 valence electrons. The number of nitrogens with one attached hydrogen (secondary N) is 3. The number of anilines is 1. The van der Waals surface area contributed by atoms with Crippen molar-refractivity contribution in [3.05, 3.63) is 35.9 Å². The molecule has 0 spiro atoms. The molecular formula is C27H42N4O5S. The number of carbonyl (C=O) groups excluding carboxylic acids is 2. The number of rotatable bonds is 11. The summed E-state index contributed by atoms with van der Waals surface area (Å²) < 4.78 is 34.0. The van der Waals surface area contributed by atoms with Gasteiger partial charge in [-0.2, -0.15) is 0 Å². The molecule has 37 heavy (non-hydrogen) atoms. The van der Waals surface area contributed by atoms with Gasteiger partial charge in [0.15, 0.2) is 0 Å². The molecular weight excluding hydrogens is 492 g/mol. The van der Waals surface area contributed by atoms with Gasteiger partial charge in [-0.05, 0) is 61.3 Å². The molecule has 0 unspecified atom stereocenters. The van der Waals surface area contributed by atoms with Crippen LogP contribution in [0.1, 0.15) is 40.5 Å². The standard InChI is InChI=1S/C27H42N4O5S/c1-19(2)26-16-22(17-27(33)28-9-10-31-11-13-36-14-12-31)20(3)15-23(26)18-29-37(34,35)25-7-5-24(6-8-25)30-21(4)32/h5-8,15,19,22-23,26,29H,9-14,16-18H2,1-4H3,(H,28,33)(H,30,32)/t22-,23-,26-/m0/s1. The third kappa shape index (κ3) is 8.91. The summed E-state index contributed by atoms with van der Waals surface area (Å²) in [5, 5.41) is 5.70. The largest absolute Gasteiger partial charge is 0.379 e. The van der Waals surface area contributed by atoms with Crippen LogP contribution in [0.5, 0.6) is 0 Å². The lowest BCUT2D eigenvalue weighted by atomic mass is 9.70. The van der Waals surface area contributed by atoms with Gasteiger partial charge in [0.25, 0.3) is 0 Å². The molecule has 3 atom stereocenters. The highest BCUT2D eigenvalue weighted by atomic mass is 32.2. The van der Waals surface area contributed by atoms with Crippen LogP contribution in [0.4, 0.5) is 5.69 Å². The van der Waals surface area contributed by atoms with E-state index in [1.54, 1.807) is 12.1 Å². The molecule has 10 heteroatoms. The lowest BCUT2D eigenvalue weighted by molar-refractivity contribution is -0.122. The SMILES string of the molecule is CC(=O)Nc1ccc(S(=O)(=O)NC[C@@H]2C=C(C)[C@H](CC(=O)NCCN3CCOCC3)C[C@H]2C(C)C)cc1. The third-order valence-corrected chi connectivity index (χ3v) is 8.80. The smallest absolute Gasteiger partial charge is 0.240 e. The average molecular weight is 535 g/mol. The number of carbonyl (C=O) groups is 2. The molecule has 1 aromatic carbocycles. The lowest BCUT2D eigenvalue weighted by Gasteiger charge is -2.37. The Kier molecular flexibility index (Phi) is 10.7. The van der Waals surface area contributed by atoms with Crippen LogP contribution in [-0.4, -0.2) is 71.1 Å². The number of nitrogens with zero attached hydrogens (tertiary/aromatic N) is 1. The van der Waals surface area contributed by atoms with E-state index in [1.165, 1.54) is 19.1 Å². The Morgan fingerprint density at radius 3 is 2.43 bits per heavy atom. The maximum atomic E-state index is 12.9. The minimum Gasteiger partial charge on any atom is -0.379 e. The fraction of sp³-hybridized carbons (Fsp3) is 0.630. The molecule has 1 aliphatic heterocycles. The summed E-state index contributed by atoms with van der Waals surface area (Å²) in [5.41, 5.74) is 1.69. The third-order valence-electron chi connectivity index (χ3n) is 7.36. The van der Waals surface area contributed by atoms with Crippen molar-refractivity contribution in [2.75, 3.05) is 51.3 Å². The number of amides is 2. The van der Waals surface area contributed by atoms with E-state index in [2.05, 4.69) is 40.2 Å². The van der Waals surface area contributed by atoms with Crippen molar-refractivity contribution in [1.29, 1.82) is 0 Å². The van der Waals surface area contributed by atoms with Crippen molar-refractivity contribution in [2.24, 2.45) is 23.7 Å². The molecule has 0 bridgehead atoms. The minimum atomic E-state index is -3.69. The number of hydrogen-bond acceptors (Lipinski definition) is 6. The molecule has 1 heterocycles. The zero-order valence-electron chi connectivity index (χ0n) is 22.5. The molecule has 2 aliphatic rings. The molecule has 1 aliphatic carbocycles. The van der Waals surface area contributed by atoms with Crippen molar-refractivity contribution in [3.63, 3.8) is 0 Å². The van der Waals surface area contributed by atoms with Crippen molar-refractivity contribution < 1.29 is 22.7 Å². The molecule has 0 saturated carbocycles. The summed E-state index contributed by atoms with van der Waals surface area (Å²) >= 11 is 0. The van der Waals surface area contributed by atoms with E-state index in [1.807, 2.05) is 6.92 Å². The first-order valence-electron chi connectivity index (χ1n) is 13.2. The second-order valence-corrected chi connectivity index (χ2v) is 12.2. The normalized spacial score (nSPS) is 22.9. The van der Waals surface area contributed by atoms with Crippen molar-refractivity contribution in [1.82, 2.24) is 14.9 Å². The van der Waals surface area contributed by atoms with Gasteiger partial charge < -0.3 is 15.4 Å². The predicted molar refractivity (Wildman–Crippen MR) is 145 cm³/mol. The summed E-state index contributed by atoms with van der Waals surface area (Å²) in [6.45, 7) is 12.8. The van der Waals surface area contributed by atoms with Crippen molar-refractivity contribution in [2.45, 2.75) is 45.4 Å². The molecule has 1 aromatic rings. The van der Waals surface area contributed by atoms with E-state index < -0.39 is 10.0 Å². The molecule has 1 saturated heterocycles. The number of sulfonamides is 1. The van der Waals surface area contributed by atoms with Crippen LogP contribution < -0.4 is 15.4 Å². The molecule has 0 radical (unpaired) electrons. The fourth-order valence-electron chi connectivity index (χ4n) is 5.19. The van der Waals surface area contributed by atoms with Gasteiger partial charge >= 0.3 is 0 Å². The molecule has 1 fully saturated rings. The highest BCUT2D eigenvalue weighted by Crippen LogP contribution is 2.38. The fourth-order valence-corrected chi connectivity index (χ4v) is 6.26. The monoisotopic (exact) mass is 534 g/mol. The van der Waals surface area contributed by atoms with Crippen molar-refractivity contribution in [3.8, 4) is 0 Å². The maximum absolute atomic E-state index is 12.9. The van der Waals surface area contributed by atoms with Gasteiger partial charge in [-0.3, -0.25) is 14.5 Å². The van der Waals surface area contributed by atoms with Crippen LogP contribution >= 0.6 is 0 Å². The summed E-state index contributed by atoms with van der Waals surface area (Å²) in [7, 11) is -3.69. The first kappa shape index (κ1) is 29.3. The van der Waals surface area contributed by atoms with Crippen molar-refractivity contribution >= 4 is 27.5 Å². The average Bonchev–Trinajstić information content (AvgIpc) is 2.84. The van der Waals surface area contributed by atoms with Gasteiger partial charge in [0, 0.05) is 51.8 Å². The molecule has 3 rings (SSSR count). The zero-order valence-corrected chi connectivity index (χ0v) is 23.3. The molecule has 0 aromatic heterocycles. The second-order valence-electron chi connectivity index (χ2n) is 10.5. The highest BCUT2D eigenvalue weighted by molar-refractivity contribution is 7.89. The van der Waals surface area contributed by atoms with Gasteiger partial charge in [0.1, 0.15) is 0 Å². The number of hydrogen-bond donors (Lipinski definition) is 3. The first-order valence-corrected chi connectivity index (χ1v) is 14.7. The van der Waals surface area contributed by atoms with Crippen LogP contribution in [0.15, 0.2) is 40.8 Å². The Bertz CT molecular complexity index is 1050. The predicted octanol–water partition coefficient (Wildman–Crippen LogP) is 2.62. The maximum Gasteiger partial charge on any atom is 0.240 e. The Morgan fingerprint density at radius 2 is 1.81 bits per heavy atom.